The van der Waals surface area contributed by atoms with Gasteiger partial charge >= 0.3 is 13.3 Å². The third-order valence-corrected chi connectivity index (χ3v) is 1.70. The van der Waals surface area contributed by atoms with E-state index in [2.05, 4.69) is 4.74 Å². The van der Waals surface area contributed by atoms with Crippen molar-refractivity contribution in [3.63, 3.8) is 0 Å². The molecule has 3 nitrogen and oxygen atoms in total. The zero-order valence-corrected chi connectivity index (χ0v) is 8.13. The van der Waals surface area contributed by atoms with Crippen LogP contribution < -0.4 is 10.2 Å². The van der Waals surface area contributed by atoms with E-state index in [9.17, 15) is 22.0 Å². The molecule has 0 unspecified atom stereocenters. The summed E-state index contributed by atoms with van der Waals surface area (Å²) < 4.78 is 65.4. The van der Waals surface area contributed by atoms with Crippen molar-refractivity contribution in [3.8, 4) is 5.75 Å². The molecule has 0 aliphatic carbocycles. The first-order valence-electron chi connectivity index (χ1n) is 4.25. The van der Waals surface area contributed by atoms with Crippen molar-refractivity contribution in [3.05, 3.63) is 23.8 Å². The Bertz CT molecular complexity index is 384. The number of hydrogen-bond acceptors (Lipinski definition) is 3. The van der Waals surface area contributed by atoms with Gasteiger partial charge in [-0.15, -0.1) is 0 Å². The summed E-state index contributed by atoms with van der Waals surface area (Å²) in [7, 11) is -2.13. The van der Waals surface area contributed by atoms with Crippen LogP contribution in [0.25, 0.3) is 0 Å². The van der Waals surface area contributed by atoms with Crippen LogP contribution in [0, 0.1) is 11.6 Å². The molecule has 94 valence electrons. The molecule has 1 rings (SSSR count). The van der Waals surface area contributed by atoms with Gasteiger partial charge in [-0.05, 0) is 17.6 Å². The molecular weight excluding hydrogens is 250 g/mol. The summed E-state index contributed by atoms with van der Waals surface area (Å²) in [6.07, 6.45) is -4.73. The molecule has 17 heavy (non-hydrogen) atoms. The van der Waals surface area contributed by atoms with Gasteiger partial charge in [-0.3, -0.25) is 0 Å². The molecule has 0 saturated heterocycles. The van der Waals surface area contributed by atoms with Crippen LogP contribution in [0.5, 0.6) is 5.75 Å². The van der Waals surface area contributed by atoms with Gasteiger partial charge in [0.05, 0.1) is 0 Å². The largest absolute Gasteiger partial charge is 0.488 e. The molecule has 0 radical (unpaired) electrons. The van der Waals surface area contributed by atoms with Crippen LogP contribution in [0.2, 0.25) is 0 Å². The molecule has 0 bridgehead atoms. The Balaban J connectivity index is 2.94. The lowest BCUT2D eigenvalue weighted by molar-refractivity contribution is -0.154. The minimum atomic E-state index is -4.73. The van der Waals surface area contributed by atoms with Crippen molar-refractivity contribution in [2.24, 2.45) is 0 Å². The number of rotatable bonds is 3. The van der Waals surface area contributed by atoms with Gasteiger partial charge in [0.1, 0.15) is 0 Å². The lowest BCUT2D eigenvalue weighted by atomic mass is 9.80. The van der Waals surface area contributed by atoms with E-state index in [1.165, 1.54) is 0 Å². The van der Waals surface area contributed by atoms with E-state index in [0.29, 0.717) is 12.1 Å². The van der Waals surface area contributed by atoms with Gasteiger partial charge in [-0.1, -0.05) is 0 Å². The molecular formula is C8H6BF5O3. The maximum absolute atomic E-state index is 13.1. The van der Waals surface area contributed by atoms with Gasteiger partial charge in [0, 0.05) is 0 Å². The Hall–Kier alpha value is -1.35. The maximum atomic E-state index is 13.1. The molecule has 0 atom stereocenters. The van der Waals surface area contributed by atoms with E-state index < -0.39 is 42.7 Å². The van der Waals surface area contributed by atoms with Gasteiger partial charge in [-0.25, -0.2) is 8.78 Å². The van der Waals surface area contributed by atoms with Crippen LogP contribution in [0.1, 0.15) is 0 Å². The maximum Gasteiger partial charge on any atom is 0.488 e. The molecule has 1 aromatic rings. The molecule has 0 heterocycles. The first-order chi connectivity index (χ1) is 7.70. The second-order valence-corrected chi connectivity index (χ2v) is 3.09. The van der Waals surface area contributed by atoms with E-state index in [4.69, 9.17) is 10.0 Å². The summed E-state index contributed by atoms with van der Waals surface area (Å²) in [4.78, 5) is 0. The average molecular weight is 256 g/mol. The van der Waals surface area contributed by atoms with Crippen LogP contribution >= 0.6 is 0 Å². The monoisotopic (exact) mass is 256 g/mol. The minimum Gasteiger partial charge on any atom is -0.478 e. The van der Waals surface area contributed by atoms with Crippen LogP contribution in [0.4, 0.5) is 22.0 Å². The molecule has 0 saturated carbocycles. The van der Waals surface area contributed by atoms with Crippen LogP contribution in [0.15, 0.2) is 12.1 Å². The summed E-state index contributed by atoms with van der Waals surface area (Å²) in [6, 6.07) is 0.943. The van der Waals surface area contributed by atoms with E-state index in [1.54, 1.807) is 0 Å². The van der Waals surface area contributed by atoms with E-state index in [1.807, 2.05) is 0 Å². The summed E-state index contributed by atoms with van der Waals surface area (Å²) >= 11 is 0. The molecule has 0 aliphatic heterocycles. The lowest BCUT2D eigenvalue weighted by Crippen LogP contribution is -2.31. The van der Waals surface area contributed by atoms with Crippen molar-refractivity contribution < 1.29 is 36.7 Å². The molecule has 9 heteroatoms. The Morgan fingerprint density at radius 2 is 1.59 bits per heavy atom. The number of benzene rings is 1. The molecule has 0 amide bonds. The highest BCUT2D eigenvalue weighted by molar-refractivity contribution is 6.58. The third kappa shape index (κ3) is 3.86. The van der Waals surface area contributed by atoms with Crippen molar-refractivity contribution in [2.75, 3.05) is 6.61 Å². The summed E-state index contributed by atoms with van der Waals surface area (Å²) in [6.45, 7) is -1.85. The second kappa shape index (κ2) is 4.88. The predicted octanol–water partition coefficient (Wildman–Crippen LogP) is 0.586. The lowest BCUT2D eigenvalue weighted by Gasteiger charge is -2.11. The Morgan fingerprint density at radius 3 is 1.94 bits per heavy atom. The quantitative estimate of drug-likeness (QED) is 0.614. The third-order valence-electron chi connectivity index (χ3n) is 1.70. The smallest absolute Gasteiger partial charge is 0.478 e. The second-order valence-electron chi connectivity index (χ2n) is 3.09. The zero-order valence-electron chi connectivity index (χ0n) is 8.13. The van der Waals surface area contributed by atoms with Gasteiger partial charge in [-0.2, -0.15) is 13.2 Å². The van der Waals surface area contributed by atoms with E-state index >= 15 is 0 Å². The number of halogens is 5. The number of ether oxygens (including phenoxy) is 1. The topological polar surface area (TPSA) is 49.7 Å². The van der Waals surface area contributed by atoms with Gasteiger partial charge in [0.2, 0.25) is 0 Å². The highest BCUT2D eigenvalue weighted by Gasteiger charge is 2.30. The van der Waals surface area contributed by atoms with E-state index in [-0.39, 0.29) is 0 Å². The Labute approximate surface area is 92.6 Å². The fraction of sp³-hybridized carbons (Fsp3) is 0.250. The average Bonchev–Trinajstić information content (AvgIpc) is 2.14. The SMILES string of the molecule is OB(O)c1cc(F)c(OCC(F)(F)F)c(F)c1. The molecule has 0 aliphatic rings. The zero-order chi connectivity index (χ0) is 13.2. The van der Waals surface area contributed by atoms with Crippen LogP contribution in [-0.2, 0) is 0 Å². The number of hydrogen-bond donors (Lipinski definition) is 2. The number of alkyl halides is 3. The molecule has 0 fully saturated rings. The highest BCUT2D eigenvalue weighted by Crippen LogP contribution is 2.23. The molecule has 0 spiro atoms. The normalized spacial score (nSPS) is 11.5. The summed E-state index contributed by atoms with van der Waals surface area (Å²) in [5.74, 6) is -4.11. The van der Waals surface area contributed by atoms with Gasteiger partial charge in [0.25, 0.3) is 0 Å². The summed E-state index contributed by atoms with van der Waals surface area (Å²) in [5.41, 5.74) is -0.528. The predicted molar refractivity (Wildman–Crippen MR) is 47.7 cm³/mol. The van der Waals surface area contributed by atoms with Crippen molar-refractivity contribution in [1.29, 1.82) is 0 Å². The van der Waals surface area contributed by atoms with Crippen LogP contribution in [-0.4, -0.2) is 29.9 Å². The molecule has 2 N–H and O–H groups in total. The van der Waals surface area contributed by atoms with Gasteiger partial charge in [0.15, 0.2) is 24.0 Å². The fourth-order valence-corrected chi connectivity index (χ4v) is 1.02. The fourth-order valence-electron chi connectivity index (χ4n) is 1.02. The van der Waals surface area contributed by atoms with Gasteiger partial charge < -0.3 is 14.8 Å². The Kier molecular flexibility index (Phi) is 3.94. The van der Waals surface area contributed by atoms with Crippen LogP contribution in [0.3, 0.4) is 0 Å². The molecule has 1 aromatic carbocycles. The summed E-state index contributed by atoms with van der Waals surface area (Å²) in [5, 5.41) is 17.2. The standard InChI is InChI=1S/C8H6BF5O3/c10-5-1-4(9(15)16)2-6(11)7(5)17-3-8(12,13)14/h1-2,15-16H,3H2. The first-order valence-corrected chi connectivity index (χ1v) is 4.25. The molecule has 0 aromatic heterocycles. The van der Waals surface area contributed by atoms with Crippen molar-refractivity contribution >= 4 is 12.6 Å². The minimum absolute atomic E-state index is 0.472. The van der Waals surface area contributed by atoms with E-state index in [0.717, 1.165) is 0 Å². The first kappa shape index (κ1) is 13.7. The van der Waals surface area contributed by atoms with Crippen molar-refractivity contribution in [2.45, 2.75) is 6.18 Å². The Morgan fingerprint density at radius 1 is 1.12 bits per heavy atom. The van der Waals surface area contributed by atoms with Crippen molar-refractivity contribution in [1.82, 2.24) is 0 Å². The highest BCUT2D eigenvalue weighted by atomic mass is 19.4.